The minimum Gasteiger partial charge on any atom is -0.489 e. The number of ether oxygens (including phenoxy) is 2. The minimum absolute atomic E-state index is 0.351. The van der Waals surface area contributed by atoms with E-state index in [4.69, 9.17) is 9.47 Å². The number of rotatable bonds is 6. The second-order valence-corrected chi connectivity index (χ2v) is 6.92. The predicted molar refractivity (Wildman–Crippen MR) is 119 cm³/mol. The molecule has 0 heterocycles. The van der Waals surface area contributed by atoms with Gasteiger partial charge in [0.25, 0.3) is 0 Å². The Labute approximate surface area is 176 Å². The summed E-state index contributed by atoms with van der Waals surface area (Å²) < 4.78 is 10.9. The molecule has 0 radical (unpaired) electrons. The second kappa shape index (κ2) is 9.10. The fourth-order valence-corrected chi connectivity index (χ4v) is 3.41. The lowest BCUT2D eigenvalue weighted by Crippen LogP contribution is -2.03. The minimum atomic E-state index is -0.351. The highest BCUT2D eigenvalue weighted by Gasteiger charge is 2.10. The van der Waals surface area contributed by atoms with E-state index in [2.05, 4.69) is 36.4 Å². The zero-order chi connectivity index (χ0) is 20.8. The molecule has 4 aromatic carbocycles. The van der Waals surface area contributed by atoms with Crippen LogP contribution in [-0.4, -0.2) is 13.1 Å². The molecule has 0 saturated heterocycles. The molecule has 0 amide bonds. The van der Waals surface area contributed by atoms with Gasteiger partial charge in [0.05, 0.1) is 12.7 Å². The molecular weight excluding hydrogens is 372 g/mol. The largest absolute Gasteiger partial charge is 0.489 e. The lowest BCUT2D eigenvalue weighted by atomic mass is 9.94. The van der Waals surface area contributed by atoms with Gasteiger partial charge in [-0.1, -0.05) is 78.9 Å². The Morgan fingerprint density at radius 1 is 0.700 bits per heavy atom. The Kier molecular flexibility index (Phi) is 5.90. The molecule has 0 aliphatic rings. The van der Waals surface area contributed by atoms with Crippen molar-refractivity contribution in [2.24, 2.45) is 0 Å². The summed E-state index contributed by atoms with van der Waals surface area (Å²) in [4.78, 5) is 11.8. The van der Waals surface area contributed by atoms with Crippen molar-refractivity contribution in [3.8, 4) is 28.0 Å². The molecule has 0 bridgehead atoms. The average Bonchev–Trinajstić information content (AvgIpc) is 2.83. The Bertz CT molecular complexity index is 1140. The zero-order valence-corrected chi connectivity index (χ0v) is 16.7. The first-order valence-corrected chi connectivity index (χ1v) is 9.79. The Morgan fingerprint density at radius 3 is 2.03 bits per heavy atom. The van der Waals surface area contributed by atoms with Gasteiger partial charge in [-0.2, -0.15) is 0 Å². The third kappa shape index (κ3) is 4.41. The van der Waals surface area contributed by atoms with Crippen LogP contribution in [0.5, 0.6) is 5.75 Å². The van der Waals surface area contributed by atoms with Crippen LogP contribution in [0.15, 0.2) is 103 Å². The van der Waals surface area contributed by atoms with E-state index in [1.165, 1.54) is 7.11 Å². The first-order chi connectivity index (χ1) is 14.7. The highest BCUT2D eigenvalue weighted by molar-refractivity contribution is 5.89. The van der Waals surface area contributed by atoms with Gasteiger partial charge in [-0.25, -0.2) is 4.79 Å². The van der Waals surface area contributed by atoms with E-state index in [0.29, 0.717) is 12.2 Å². The fraction of sp³-hybridized carbons (Fsp3) is 0.0741. The van der Waals surface area contributed by atoms with Crippen LogP contribution in [0.2, 0.25) is 0 Å². The number of hydrogen-bond donors (Lipinski definition) is 0. The van der Waals surface area contributed by atoms with Crippen molar-refractivity contribution in [2.45, 2.75) is 6.61 Å². The average molecular weight is 394 g/mol. The smallest absolute Gasteiger partial charge is 0.337 e. The molecule has 0 aromatic heterocycles. The van der Waals surface area contributed by atoms with Crippen LogP contribution in [-0.2, 0) is 11.3 Å². The molecule has 4 aromatic rings. The zero-order valence-electron chi connectivity index (χ0n) is 16.7. The van der Waals surface area contributed by atoms with Crippen molar-refractivity contribution in [3.05, 3.63) is 114 Å². The van der Waals surface area contributed by atoms with Crippen molar-refractivity contribution in [1.82, 2.24) is 0 Å². The first-order valence-electron chi connectivity index (χ1n) is 9.79. The lowest BCUT2D eigenvalue weighted by molar-refractivity contribution is 0.0600. The van der Waals surface area contributed by atoms with Crippen LogP contribution in [0.1, 0.15) is 15.9 Å². The van der Waals surface area contributed by atoms with Crippen LogP contribution in [0.25, 0.3) is 22.3 Å². The molecular formula is C27H22O3. The Morgan fingerprint density at radius 2 is 1.37 bits per heavy atom. The van der Waals surface area contributed by atoms with Gasteiger partial charge in [0.2, 0.25) is 0 Å². The van der Waals surface area contributed by atoms with E-state index < -0.39 is 0 Å². The maximum atomic E-state index is 11.8. The highest BCUT2D eigenvalue weighted by Crippen LogP contribution is 2.35. The topological polar surface area (TPSA) is 35.5 Å². The van der Waals surface area contributed by atoms with Crippen molar-refractivity contribution in [3.63, 3.8) is 0 Å². The summed E-state index contributed by atoms with van der Waals surface area (Å²) in [5, 5.41) is 0. The van der Waals surface area contributed by atoms with Crippen molar-refractivity contribution < 1.29 is 14.3 Å². The molecule has 0 saturated carbocycles. The molecule has 0 unspecified atom stereocenters. The van der Waals surface area contributed by atoms with E-state index in [1.807, 2.05) is 54.6 Å². The van der Waals surface area contributed by atoms with E-state index in [9.17, 15) is 4.79 Å². The molecule has 0 spiro atoms. The quantitative estimate of drug-likeness (QED) is 0.356. The van der Waals surface area contributed by atoms with Crippen LogP contribution in [0.4, 0.5) is 0 Å². The number of methoxy groups -OCH3 is 1. The molecule has 0 fully saturated rings. The summed E-state index contributed by atoms with van der Waals surface area (Å²) in [6, 6.07) is 34.1. The van der Waals surface area contributed by atoms with Crippen molar-refractivity contribution in [2.75, 3.05) is 7.11 Å². The second-order valence-electron chi connectivity index (χ2n) is 6.92. The van der Waals surface area contributed by atoms with Gasteiger partial charge in [-0.3, -0.25) is 0 Å². The van der Waals surface area contributed by atoms with E-state index in [0.717, 1.165) is 33.6 Å². The molecule has 30 heavy (non-hydrogen) atoms. The Balaban J connectivity index is 1.63. The standard InChI is InChI=1S/C27H22O3/c1-29-27(28)23-14-8-9-20(17-23)19-30-24-15-16-25(21-10-4-2-5-11-21)26(18-24)22-12-6-3-7-13-22/h2-18H,19H2,1H3. The van der Waals surface area contributed by atoms with Gasteiger partial charge >= 0.3 is 5.97 Å². The first kappa shape index (κ1) is 19.5. The fourth-order valence-electron chi connectivity index (χ4n) is 3.41. The molecule has 4 rings (SSSR count). The summed E-state index contributed by atoms with van der Waals surface area (Å²) in [6.45, 7) is 0.365. The highest BCUT2D eigenvalue weighted by atomic mass is 16.5. The Hall–Kier alpha value is -3.85. The third-order valence-electron chi connectivity index (χ3n) is 4.91. The van der Waals surface area contributed by atoms with Gasteiger partial charge in [0.15, 0.2) is 0 Å². The molecule has 3 nitrogen and oxygen atoms in total. The summed E-state index contributed by atoms with van der Waals surface area (Å²) in [7, 11) is 1.38. The molecule has 0 atom stereocenters. The number of benzene rings is 4. The molecule has 0 aliphatic heterocycles. The van der Waals surface area contributed by atoms with E-state index in [1.54, 1.807) is 12.1 Å². The molecule has 0 N–H and O–H groups in total. The van der Waals surface area contributed by atoms with Crippen LogP contribution in [0, 0.1) is 0 Å². The number of esters is 1. The van der Waals surface area contributed by atoms with Gasteiger partial charge < -0.3 is 9.47 Å². The molecule has 148 valence electrons. The van der Waals surface area contributed by atoms with Gasteiger partial charge in [0.1, 0.15) is 12.4 Å². The summed E-state index contributed by atoms with van der Waals surface area (Å²) in [5.74, 6) is 0.424. The summed E-state index contributed by atoms with van der Waals surface area (Å²) in [6.07, 6.45) is 0. The van der Waals surface area contributed by atoms with Gasteiger partial charge in [0, 0.05) is 0 Å². The third-order valence-corrected chi connectivity index (χ3v) is 4.91. The number of hydrogen-bond acceptors (Lipinski definition) is 3. The van der Waals surface area contributed by atoms with E-state index >= 15 is 0 Å². The van der Waals surface area contributed by atoms with Gasteiger partial charge in [-0.05, 0) is 52.1 Å². The normalized spacial score (nSPS) is 10.4. The predicted octanol–water partition coefficient (Wildman–Crippen LogP) is 6.39. The van der Waals surface area contributed by atoms with Crippen molar-refractivity contribution >= 4 is 5.97 Å². The van der Waals surface area contributed by atoms with E-state index in [-0.39, 0.29) is 5.97 Å². The summed E-state index contributed by atoms with van der Waals surface area (Å²) >= 11 is 0. The monoisotopic (exact) mass is 394 g/mol. The molecule has 3 heteroatoms. The van der Waals surface area contributed by atoms with Crippen LogP contribution < -0.4 is 4.74 Å². The number of carbonyl (C=O) groups is 1. The lowest BCUT2D eigenvalue weighted by Gasteiger charge is -2.14. The van der Waals surface area contributed by atoms with Gasteiger partial charge in [-0.15, -0.1) is 0 Å². The maximum Gasteiger partial charge on any atom is 0.337 e. The molecule has 0 aliphatic carbocycles. The number of carbonyl (C=O) groups excluding carboxylic acids is 1. The summed E-state index contributed by atoms with van der Waals surface area (Å²) in [5.41, 5.74) is 5.99. The SMILES string of the molecule is COC(=O)c1cccc(COc2ccc(-c3ccccc3)c(-c3ccccc3)c2)c1. The van der Waals surface area contributed by atoms with Crippen LogP contribution >= 0.6 is 0 Å². The van der Waals surface area contributed by atoms with Crippen molar-refractivity contribution in [1.29, 1.82) is 0 Å². The van der Waals surface area contributed by atoms with Crippen LogP contribution in [0.3, 0.4) is 0 Å². The maximum absolute atomic E-state index is 11.8.